The molecule has 0 unspecified atom stereocenters. The molecule has 6 heteroatoms. The van der Waals surface area contributed by atoms with Crippen molar-refractivity contribution >= 4 is 39.3 Å². The Morgan fingerprint density at radius 3 is 2.78 bits per heavy atom. The molecule has 0 saturated carbocycles. The Bertz CT molecular complexity index is 533. The van der Waals surface area contributed by atoms with Crippen molar-refractivity contribution in [2.75, 3.05) is 0 Å². The van der Waals surface area contributed by atoms with Crippen molar-refractivity contribution in [1.29, 1.82) is 0 Å². The fourth-order valence-corrected chi connectivity index (χ4v) is 2.83. The van der Waals surface area contributed by atoms with Gasteiger partial charge in [-0.25, -0.2) is 15.0 Å². The van der Waals surface area contributed by atoms with Gasteiger partial charge in [0, 0.05) is 16.2 Å². The van der Waals surface area contributed by atoms with Crippen molar-refractivity contribution in [3.05, 3.63) is 39.8 Å². The molecule has 0 aliphatic carbocycles. The van der Waals surface area contributed by atoms with Crippen LogP contribution in [0.2, 0.25) is 5.15 Å². The molecule has 0 fully saturated rings. The molecule has 0 saturated heterocycles. The first-order chi connectivity index (χ1) is 8.70. The van der Waals surface area contributed by atoms with Crippen LogP contribution in [0.3, 0.4) is 0 Å². The second-order valence-corrected chi connectivity index (χ2v) is 5.90. The van der Waals surface area contributed by atoms with E-state index >= 15 is 0 Å². The third-order valence-corrected chi connectivity index (χ3v) is 4.05. The minimum Gasteiger partial charge on any atom is -0.248 e. The molecule has 18 heavy (non-hydrogen) atoms. The molecule has 0 aliphatic rings. The quantitative estimate of drug-likeness (QED) is 0.771. The Morgan fingerprint density at radius 2 is 2.11 bits per heavy atom. The lowest BCUT2D eigenvalue weighted by Crippen LogP contribution is -1.95. The number of hydrogen-bond acceptors (Lipinski definition) is 4. The minimum absolute atomic E-state index is 0.534. The van der Waals surface area contributed by atoms with E-state index in [1.165, 1.54) is 18.1 Å². The van der Waals surface area contributed by atoms with E-state index in [1.807, 2.05) is 12.1 Å². The van der Waals surface area contributed by atoms with Crippen LogP contribution >= 0.6 is 39.3 Å². The van der Waals surface area contributed by atoms with Crippen LogP contribution in [-0.2, 0) is 6.42 Å². The molecular weight excluding hydrogens is 334 g/mol. The van der Waals surface area contributed by atoms with Crippen LogP contribution in [0.15, 0.2) is 39.2 Å². The maximum Gasteiger partial charge on any atom is 0.136 e. The smallest absolute Gasteiger partial charge is 0.136 e. The van der Waals surface area contributed by atoms with Gasteiger partial charge in [-0.15, -0.1) is 0 Å². The van der Waals surface area contributed by atoms with Gasteiger partial charge < -0.3 is 0 Å². The molecule has 94 valence electrons. The predicted molar refractivity (Wildman–Crippen MR) is 77.1 cm³/mol. The van der Waals surface area contributed by atoms with E-state index in [4.69, 9.17) is 11.6 Å². The zero-order valence-corrected chi connectivity index (χ0v) is 12.9. The van der Waals surface area contributed by atoms with Gasteiger partial charge in [0.05, 0.1) is 0 Å². The number of pyridine rings is 1. The largest absolute Gasteiger partial charge is 0.248 e. The summed E-state index contributed by atoms with van der Waals surface area (Å²) in [5, 5.41) is 2.31. The van der Waals surface area contributed by atoms with Crippen LogP contribution < -0.4 is 0 Å². The predicted octanol–water partition coefficient (Wildman–Crippen LogP) is 4.39. The van der Waals surface area contributed by atoms with Gasteiger partial charge in [0.2, 0.25) is 0 Å². The van der Waals surface area contributed by atoms with Gasteiger partial charge in [-0.05, 0) is 46.2 Å². The summed E-state index contributed by atoms with van der Waals surface area (Å²) in [5.74, 6) is 0. The number of halogens is 2. The van der Waals surface area contributed by atoms with E-state index in [9.17, 15) is 0 Å². The summed E-state index contributed by atoms with van der Waals surface area (Å²) in [7, 11) is 0. The second-order valence-electron chi connectivity index (χ2n) is 3.61. The molecule has 2 aromatic rings. The van der Waals surface area contributed by atoms with Crippen LogP contribution in [0.4, 0.5) is 0 Å². The Morgan fingerprint density at radius 1 is 1.28 bits per heavy atom. The zero-order chi connectivity index (χ0) is 13.0. The van der Waals surface area contributed by atoms with Crippen LogP contribution in [-0.4, -0.2) is 15.0 Å². The molecular formula is C12H11BrClN3S. The third-order valence-electron chi connectivity index (χ3n) is 2.25. The summed E-state index contributed by atoms with van der Waals surface area (Å²) < 4.78 is 0.960. The molecule has 2 rings (SSSR count). The molecule has 3 nitrogen and oxygen atoms in total. The highest BCUT2D eigenvalue weighted by Gasteiger charge is 2.11. The van der Waals surface area contributed by atoms with Crippen LogP contribution in [0, 0.1) is 0 Å². The first kappa shape index (κ1) is 13.8. The lowest BCUT2D eigenvalue weighted by Gasteiger charge is -2.07. The highest BCUT2D eigenvalue weighted by atomic mass is 79.9. The van der Waals surface area contributed by atoms with Gasteiger partial charge >= 0.3 is 0 Å². The summed E-state index contributed by atoms with van der Waals surface area (Å²) >= 11 is 11.0. The van der Waals surface area contributed by atoms with E-state index < -0.39 is 0 Å². The number of hydrogen-bond donors (Lipinski definition) is 0. The molecule has 2 heterocycles. The Labute approximate surface area is 124 Å². The van der Waals surface area contributed by atoms with Crippen LogP contribution in [0.5, 0.6) is 0 Å². The molecule has 2 aromatic heterocycles. The van der Waals surface area contributed by atoms with E-state index in [2.05, 4.69) is 37.8 Å². The topological polar surface area (TPSA) is 38.7 Å². The summed E-state index contributed by atoms with van der Waals surface area (Å²) in [6, 6.07) is 3.90. The summed E-state index contributed by atoms with van der Waals surface area (Å²) in [6.45, 7) is 2.11. The van der Waals surface area contributed by atoms with Crippen molar-refractivity contribution < 1.29 is 0 Å². The number of rotatable bonds is 4. The number of aromatic nitrogens is 3. The monoisotopic (exact) mass is 343 g/mol. The lowest BCUT2D eigenvalue weighted by molar-refractivity contribution is 0.855. The van der Waals surface area contributed by atoms with E-state index in [0.29, 0.717) is 5.15 Å². The first-order valence-electron chi connectivity index (χ1n) is 5.49. The minimum atomic E-state index is 0.534. The highest BCUT2D eigenvalue weighted by Crippen LogP contribution is 2.31. The van der Waals surface area contributed by atoms with Crippen LogP contribution in [0.25, 0.3) is 0 Å². The fourth-order valence-electron chi connectivity index (χ4n) is 1.45. The highest BCUT2D eigenvalue weighted by molar-refractivity contribution is 9.10. The standard InChI is InChI=1S/C12H11BrClN3S/c1-2-3-9-11(14)16-7-17-12(9)18-10-5-4-8(13)6-15-10/h4-7H,2-3H2,1H3. The fraction of sp³-hybridized carbons (Fsp3) is 0.250. The second kappa shape index (κ2) is 6.50. The summed E-state index contributed by atoms with van der Waals surface area (Å²) in [6.07, 6.45) is 5.14. The molecule has 0 radical (unpaired) electrons. The van der Waals surface area contributed by atoms with Crippen molar-refractivity contribution in [3.8, 4) is 0 Å². The molecule has 0 atom stereocenters. The van der Waals surface area contributed by atoms with E-state index in [1.54, 1.807) is 6.20 Å². The first-order valence-corrected chi connectivity index (χ1v) is 7.48. The van der Waals surface area contributed by atoms with Crippen molar-refractivity contribution in [2.24, 2.45) is 0 Å². The Hall–Kier alpha value is -0.650. The summed E-state index contributed by atoms with van der Waals surface area (Å²) in [4.78, 5) is 12.6. The van der Waals surface area contributed by atoms with Crippen molar-refractivity contribution in [3.63, 3.8) is 0 Å². The van der Waals surface area contributed by atoms with Gasteiger partial charge in [-0.3, -0.25) is 0 Å². The Balaban J connectivity index is 2.28. The molecule has 0 amide bonds. The normalized spacial score (nSPS) is 10.6. The van der Waals surface area contributed by atoms with Crippen molar-refractivity contribution in [1.82, 2.24) is 15.0 Å². The van der Waals surface area contributed by atoms with Gasteiger partial charge in [0.1, 0.15) is 21.5 Å². The van der Waals surface area contributed by atoms with Crippen molar-refractivity contribution in [2.45, 2.75) is 29.8 Å². The number of nitrogens with zero attached hydrogens (tertiary/aromatic N) is 3. The average molecular weight is 345 g/mol. The van der Waals surface area contributed by atoms with Gasteiger partial charge in [-0.2, -0.15) is 0 Å². The zero-order valence-electron chi connectivity index (χ0n) is 9.73. The van der Waals surface area contributed by atoms with E-state index in [-0.39, 0.29) is 0 Å². The van der Waals surface area contributed by atoms with Gasteiger partial charge in [-0.1, -0.05) is 24.9 Å². The van der Waals surface area contributed by atoms with Gasteiger partial charge in [0.15, 0.2) is 0 Å². The molecule has 0 aromatic carbocycles. The average Bonchev–Trinajstić information content (AvgIpc) is 2.36. The molecule has 0 aliphatic heterocycles. The molecule has 0 N–H and O–H groups in total. The lowest BCUT2D eigenvalue weighted by atomic mass is 10.2. The third kappa shape index (κ3) is 3.43. The van der Waals surface area contributed by atoms with Crippen LogP contribution in [0.1, 0.15) is 18.9 Å². The SMILES string of the molecule is CCCc1c(Cl)ncnc1Sc1ccc(Br)cn1. The van der Waals surface area contributed by atoms with E-state index in [0.717, 1.165) is 32.9 Å². The maximum atomic E-state index is 6.11. The Kier molecular flexibility index (Phi) is 4.97. The molecule has 0 bridgehead atoms. The van der Waals surface area contributed by atoms with Gasteiger partial charge in [0.25, 0.3) is 0 Å². The maximum absolute atomic E-state index is 6.11. The molecule has 0 spiro atoms. The summed E-state index contributed by atoms with van der Waals surface area (Å²) in [5.41, 5.74) is 0.997.